The second-order valence-electron chi connectivity index (χ2n) is 4.48. The van der Waals surface area contributed by atoms with Gasteiger partial charge in [-0.25, -0.2) is 0 Å². The van der Waals surface area contributed by atoms with Crippen LogP contribution in [0.2, 0.25) is 0 Å². The summed E-state index contributed by atoms with van der Waals surface area (Å²) in [6.45, 7) is 9.80. The fraction of sp³-hybridized carbons (Fsp3) is 1.00. The SMILES string of the molecule is CC(C)CCOCCN1CCC(Br)C1. The van der Waals surface area contributed by atoms with E-state index in [4.69, 9.17) is 4.74 Å². The molecule has 1 aliphatic rings. The van der Waals surface area contributed by atoms with Gasteiger partial charge in [-0.15, -0.1) is 0 Å². The van der Waals surface area contributed by atoms with Crippen molar-refractivity contribution in [2.45, 2.75) is 31.5 Å². The lowest BCUT2D eigenvalue weighted by molar-refractivity contribution is 0.103. The minimum Gasteiger partial charge on any atom is -0.380 e. The van der Waals surface area contributed by atoms with Gasteiger partial charge in [0.25, 0.3) is 0 Å². The van der Waals surface area contributed by atoms with Gasteiger partial charge >= 0.3 is 0 Å². The summed E-state index contributed by atoms with van der Waals surface area (Å²) < 4.78 is 5.58. The molecule has 3 heteroatoms. The highest BCUT2D eigenvalue weighted by Crippen LogP contribution is 2.15. The number of hydrogen-bond donors (Lipinski definition) is 0. The summed E-state index contributed by atoms with van der Waals surface area (Å²) in [7, 11) is 0. The molecule has 1 atom stereocenters. The monoisotopic (exact) mass is 263 g/mol. The van der Waals surface area contributed by atoms with Gasteiger partial charge in [-0.2, -0.15) is 0 Å². The summed E-state index contributed by atoms with van der Waals surface area (Å²) in [5, 5.41) is 0. The van der Waals surface area contributed by atoms with E-state index in [2.05, 4.69) is 34.7 Å². The lowest BCUT2D eigenvalue weighted by Crippen LogP contribution is -2.25. The van der Waals surface area contributed by atoms with Crippen molar-refractivity contribution >= 4 is 15.9 Å². The van der Waals surface area contributed by atoms with Gasteiger partial charge in [0.15, 0.2) is 0 Å². The van der Waals surface area contributed by atoms with Crippen LogP contribution in [-0.2, 0) is 4.74 Å². The normalized spacial score (nSPS) is 23.6. The molecule has 1 fully saturated rings. The zero-order valence-electron chi connectivity index (χ0n) is 9.34. The van der Waals surface area contributed by atoms with Crippen LogP contribution < -0.4 is 0 Å². The number of alkyl halides is 1. The number of nitrogens with zero attached hydrogens (tertiary/aromatic N) is 1. The average molecular weight is 264 g/mol. The Kier molecular flexibility index (Phi) is 6.06. The second-order valence-corrected chi connectivity index (χ2v) is 5.78. The first-order valence-electron chi connectivity index (χ1n) is 5.62. The molecule has 0 aromatic heterocycles. The Hall–Kier alpha value is 0.400. The summed E-state index contributed by atoms with van der Waals surface area (Å²) in [5.41, 5.74) is 0. The highest BCUT2D eigenvalue weighted by Gasteiger charge is 2.18. The van der Waals surface area contributed by atoms with E-state index in [9.17, 15) is 0 Å². The van der Waals surface area contributed by atoms with Crippen LogP contribution in [0.5, 0.6) is 0 Å². The molecule has 0 aromatic carbocycles. The third kappa shape index (κ3) is 5.32. The van der Waals surface area contributed by atoms with Crippen LogP contribution in [0, 0.1) is 5.92 Å². The van der Waals surface area contributed by atoms with Crippen molar-refractivity contribution in [1.29, 1.82) is 0 Å². The first kappa shape index (κ1) is 12.5. The molecule has 2 nitrogen and oxygen atoms in total. The third-order valence-electron chi connectivity index (χ3n) is 2.61. The molecule has 14 heavy (non-hydrogen) atoms. The highest BCUT2D eigenvalue weighted by molar-refractivity contribution is 9.09. The first-order chi connectivity index (χ1) is 6.68. The Bertz CT molecular complexity index is 152. The Morgan fingerprint density at radius 3 is 2.79 bits per heavy atom. The molecule has 0 spiro atoms. The molecule has 1 saturated heterocycles. The molecule has 0 amide bonds. The van der Waals surface area contributed by atoms with Crippen molar-refractivity contribution in [1.82, 2.24) is 4.90 Å². The fourth-order valence-electron chi connectivity index (χ4n) is 1.60. The minimum absolute atomic E-state index is 0.707. The van der Waals surface area contributed by atoms with E-state index in [-0.39, 0.29) is 0 Å². The number of ether oxygens (including phenoxy) is 1. The van der Waals surface area contributed by atoms with E-state index in [1.807, 2.05) is 0 Å². The van der Waals surface area contributed by atoms with E-state index < -0.39 is 0 Å². The predicted octanol–water partition coefficient (Wildman–Crippen LogP) is 2.52. The molecule has 0 N–H and O–H groups in total. The van der Waals surface area contributed by atoms with Crippen molar-refractivity contribution in [3.63, 3.8) is 0 Å². The quantitative estimate of drug-likeness (QED) is 0.540. The summed E-state index contributed by atoms with van der Waals surface area (Å²) in [6.07, 6.45) is 2.47. The van der Waals surface area contributed by atoms with Gasteiger partial charge < -0.3 is 4.74 Å². The van der Waals surface area contributed by atoms with Crippen LogP contribution >= 0.6 is 15.9 Å². The zero-order chi connectivity index (χ0) is 10.4. The summed E-state index contributed by atoms with van der Waals surface area (Å²) in [6, 6.07) is 0. The maximum atomic E-state index is 5.58. The minimum atomic E-state index is 0.707. The molecule has 1 unspecified atom stereocenters. The van der Waals surface area contributed by atoms with Crippen molar-refractivity contribution in [2.24, 2.45) is 5.92 Å². The lowest BCUT2D eigenvalue weighted by Gasteiger charge is -2.14. The van der Waals surface area contributed by atoms with Crippen molar-refractivity contribution in [3.8, 4) is 0 Å². The number of rotatable bonds is 6. The molecular formula is C11H22BrNO. The van der Waals surface area contributed by atoms with Crippen LogP contribution in [0.3, 0.4) is 0 Å². The van der Waals surface area contributed by atoms with Gasteiger partial charge in [0.05, 0.1) is 6.61 Å². The van der Waals surface area contributed by atoms with E-state index in [1.54, 1.807) is 0 Å². The van der Waals surface area contributed by atoms with Gasteiger partial charge in [-0.1, -0.05) is 29.8 Å². The smallest absolute Gasteiger partial charge is 0.0593 e. The van der Waals surface area contributed by atoms with Crippen LogP contribution in [0.15, 0.2) is 0 Å². The molecule has 0 saturated carbocycles. The van der Waals surface area contributed by atoms with Crippen LogP contribution in [0.4, 0.5) is 0 Å². The number of halogens is 1. The average Bonchev–Trinajstić information content (AvgIpc) is 2.50. The van der Waals surface area contributed by atoms with Crippen molar-refractivity contribution in [2.75, 3.05) is 32.8 Å². The molecule has 1 heterocycles. The van der Waals surface area contributed by atoms with Crippen molar-refractivity contribution in [3.05, 3.63) is 0 Å². The van der Waals surface area contributed by atoms with Crippen molar-refractivity contribution < 1.29 is 4.74 Å². The summed E-state index contributed by atoms with van der Waals surface area (Å²) in [5.74, 6) is 0.758. The molecule has 1 rings (SSSR count). The molecule has 0 aliphatic carbocycles. The van der Waals surface area contributed by atoms with Gasteiger partial charge in [0.2, 0.25) is 0 Å². The molecule has 0 radical (unpaired) electrons. The predicted molar refractivity (Wildman–Crippen MR) is 64.0 cm³/mol. The zero-order valence-corrected chi connectivity index (χ0v) is 10.9. The highest BCUT2D eigenvalue weighted by atomic mass is 79.9. The van der Waals surface area contributed by atoms with E-state index in [0.717, 1.165) is 25.7 Å². The largest absolute Gasteiger partial charge is 0.380 e. The number of hydrogen-bond acceptors (Lipinski definition) is 2. The van der Waals surface area contributed by atoms with Crippen LogP contribution in [0.1, 0.15) is 26.7 Å². The lowest BCUT2D eigenvalue weighted by atomic mass is 10.1. The first-order valence-corrected chi connectivity index (χ1v) is 6.54. The maximum absolute atomic E-state index is 5.58. The Morgan fingerprint density at radius 2 is 2.21 bits per heavy atom. The van der Waals surface area contributed by atoms with Crippen LogP contribution in [0.25, 0.3) is 0 Å². The van der Waals surface area contributed by atoms with Gasteiger partial charge in [-0.05, 0) is 25.3 Å². The van der Waals surface area contributed by atoms with E-state index in [0.29, 0.717) is 4.83 Å². The van der Waals surface area contributed by atoms with E-state index in [1.165, 1.54) is 25.9 Å². The molecule has 0 bridgehead atoms. The Balaban J connectivity index is 1.89. The standard InChI is InChI=1S/C11H22BrNO/c1-10(2)4-7-14-8-6-13-5-3-11(12)9-13/h10-11H,3-9H2,1-2H3. The molecular weight excluding hydrogens is 242 g/mol. The van der Waals surface area contributed by atoms with Gasteiger partial charge in [0, 0.05) is 24.5 Å². The Morgan fingerprint density at radius 1 is 1.43 bits per heavy atom. The van der Waals surface area contributed by atoms with Crippen LogP contribution in [-0.4, -0.2) is 42.6 Å². The van der Waals surface area contributed by atoms with Gasteiger partial charge in [0.1, 0.15) is 0 Å². The summed E-state index contributed by atoms with van der Waals surface area (Å²) >= 11 is 3.64. The molecule has 1 aliphatic heterocycles. The van der Waals surface area contributed by atoms with E-state index >= 15 is 0 Å². The molecule has 0 aromatic rings. The van der Waals surface area contributed by atoms with Gasteiger partial charge in [-0.3, -0.25) is 4.90 Å². The third-order valence-corrected chi connectivity index (χ3v) is 3.35. The number of likely N-dealkylation sites (tertiary alicyclic amines) is 1. The second kappa shape index (κ2) is 6.81. The fourth-order valence-corrected chi connectivity index (χ4v) is 2.22. The Labute approximate surface area is 96.1 Å². The molecule has 84 valence electrons. The topological polar surface area (TPSA) is 12.5 Å². The maximum Gasteiger partial charge on any atom is 0.0593 e. The summed E-state index contributed by atoms with van der Waals surface area (Å²) in [4.78, 5) is 3.17.